The molecule has 2 aromatic carbocycles. The van der Waals surface area contributed by atoms with Gasteiger partial charge in [0, 0.05) is 36.1 Å². The molecular formula is C33H39F2N4O6P. The van der Waals surface area contributed by atoms with Crippen LogP contribution in [0.2, 0.25) is 0 Å². The van der Waals surface area contributed by atoms with Crippen LogP contribution in [-0.2, 0) is 32.8 Å². The fraction of sp³-hybridized carbons (Fsp3) is 0.485. The van der Waals surface area contributed by atoms with E-state index in [0.717, 1.165) is 56.2 Å². The van der Waals surface area contributed by atoms with Crippen molar-refractivity contribution < 1.29 is 37.5 Å². The monoisotopic (exact) mass is 656 g/mol. The van der Waals surface area contributed by atoms with Crippen LogP contribution < -0.4 is 5.32 Å². The van der Waals surface area contributed by atoms with Gasteiger partial charge in [-0.2, -0.15) is 8.78 Å². The number of hydrogen-bond acceptors (Lipinski definition) is 4. The number of carbonyl (C=O) groups is 3. The third-order valence-corrected chi connectivity index (χ3v) is 10.7. The zero-order valence-electron chi connectivity index (χ0n) is 25.5. The van der Waals surface area contributed by atoms with Gasteiger partial charge in [-0.05, 0) is 60.9 Å². The molecule has 1 aliphatic carbocycles. The lowest BCUT2D eigenvalue weighted by atomic mass is 9.84. The average molecular weight is 657 g/mol. The fourth-order valence-electron chi connectivity index (χ4n) is 7.21. The zero-order valence-corrected chi connectivity index (χ0v) is 26.4. The number of benzene rings is 2. The summed E-state index contributed by atoms with van der Waals surface area (Å²) in [6.07, 6.45) is 7.52. The number of nitrogens with one attached hydrogen (secondary N) is 2. The highest BCUT2D eigenvalue weighted by Crippen LogP contribution is 2.59. The second kappa shape index (κ2) is 12.9. The Kier molecular flexibility index (Phi) is 9.06. The zero-order chi connectivity index (χ0) is 32.6. The minimum atomic E-state index is -5.77. The highest BCUT2D eigenvalue weighted by Gasteiger charge is 2.50. The first-order valence-corrected chi connectivity index (χ1v) is 17.6. The summed E-state index contributed by atoms with van der Waals surface area (Å²) in [5, 5.41) is 3.05. The molecule has 1 aromatic heterocycles. The van der Waals surface area contributed by atoms with E-state index in [1.54, 1.807) is 4.90 Å². The fourth-order valence-corrected chi connectivity index (χ4v) is 7.68. The minimum absolute atomic E-state index is 0.0223. The van der Waals surface area contributed by atoms with E-state index in [1.807, 2.05) is 23.1 Å². The number of likely N-dealkylation sites (tertiary alicyclic amines) is 1. The van der Waals surface area contributed by atoms with E-state index >= 15 is 0 Å². The first-order valence-electron chi connectivity index (χ1n) is 16.0. The van der Waals surface area contributed by atoms with E-state index in [0.29, 0.717) is 44.4 Å². The molecule has 0 spiro atoms. The van der Waals surface area contributed by atoms with Crippen molar-refractivity contribution in [1.29, 1.82) is 0 Å². The number of hydrogen-bond donors (Lipinski definition) is 4. The molecule has 0 unspecified atom stereocenters. The van der Waals surface area contributed by atoms with Gasteiger partial charge in [-0.1, -0.05) is 62.4 Å². The molecule has 3 amide bonds. The summed E-state index contributed by atoms with van der Waals surface area (Å²) < 4.78 is 40.1. The summed E-state index contributed by atoms with van der Waals surface area (Å²) in [6, 6.07) is 11.0. The van der Waals surface area contributed by atoms with Gasteiger partial charge in [-0.25, -0.2) is 0 Å². The van der Waals surface area contributed by atoms with Gasteiger partial charge < -0.3 is 29.9 Å². The Morgan fingerprint density at radius 1 is 0.978 bits per heavy atom. The number of aromatic amines is 1. The molecule has 246 valence electrons. The molecule has 2 aliphatic heterocycles. The summed E-state index contributed by atoms with van der Waals surface area (Å²) in [4.78, 5) is 66.1. The third kappa shape index (κ3) is 6.48. The molecule has 2 atom stereocenters. The van der Waals surface area contributed by atoms with Crippen LogP contribution in [0.1, 0.15) is 78.5 Å². The van der Waals surface area contributed by atoms with Crippen LogP contribution >= 0.6 is 7.60 Å². The summed E-state index contributed by atoms with van der Waals surface area (Å²) >= 11 is 0. The lowest BCUT2D eigenvalue weighted by Gasteiger charge is -2.35. The van der Waals surface area contributed by atoms with Crippen molar-refractivity contribution in [2.45, 2.75) is 82.1 Å². The Morgan fingerprint density at radius 3 is 2.46 bits per heavy atom. The Labute approximate surface area is 265 Å². The molecule has 1 saturated heterocycles. The lowest BCUT2D eigenvalue weighted by Crippen LogP contribution is -2.55. The van der Waals surface area contributed by atoms with Gasteiger partial charge in [0.1, 0.15) is 17.8 Å². The van der Waals surface area contributed by atoms with Gasteiger partial charge in [0.2, 0.25) is 11.8 Å². The number of alkyl halides is 2. The highest BCUT2D eigenvalue weighted by atomic mass is 31.2. The number of carbonyl (C=O) groups excluding carboxylic acids is 3. The minimum Gasteiger partial charge on any atom is -0.351 e. The molecule has 3 aliphatic rings. The van der Waals surface area contributed by atoms with Crippen LogP contribution in [0.4, 0.5) is 8.78 Å². The van der Waals surface area contributed by atoms with Crippen molar-refractivity contribution in [3.05, 3.63) is 70.9 Å². The predicted octanol–water partition coefficient (Wildman–Crippen LogP) is 5.04. The van der Waals surface area contributed by atoms with Gasteiger partial charge in [0.05, 0.1) is 0 Å². The third-order valence-electron chi connectivity index (χ3n) is 9.74. The van der Waals surface area contributed by atoms with Crippen molar-refractivity contribution in [2.24, 2.45) is 5.92 Å². The quantitative estimate of drug-likeness (QED) is 0.250. The largest absolute Gasteiger partial charge is 0.399 e. The van der Waals surface area contributed by atoms with Crippen molar-refractivity contribution in [3.63, 3.8) is 0 Å². The Bertz CT molecular complexity index is 1680. The molecule has 46 heavy (non-hydrogen) atoms. The van der Waals surface area contributed by atoms with Gasteiger partial charge in [-0.3, -0.25) is 18.9 Å². The first-order chi connectivity index (χ1) is 21.9. The van der Waals surface area contributed by atoms with E-state index in [4.69, 9.17) is 9.79 Å². The summed E-state index contributed by atoms with van der Waals surface area (Å²) in [6.45, 7) is 1.50. The molecule has 2 fully saturated rings. The number of halogens is 2. The number of rotatable bonds is 8. The number of amides is 3. The van der Waals surface area contributed by atoms with Crippen LogP contribution in [0, 0.1) is 5.92 Å². The standard InChI is InChI=1S/C33H39F2N4O6P/c34-33(35,46(43,44)45)25-12-13-26-24(18-25)19-27(36-26)30(40)37-28(17-21-7-2-1-3-8-21)31(41)39-15-6-11-29(39)32(42)38-16-14-22-9-4-5-10-23(22)20-38/h4-5,9-10,12-13,18-19,21,28-29,36H,1-3,6-8,11,14-17,20H2,(H,37,40)(H2,43,44,45)/t28-,29-/m0/s1. The molecule has 3 heterocycles. The predicted molar refractivity (Wildman–Crippen MR) is 167 cm³/mol. The van der Waals surface area contributed by atoms with E-state index in [9.17, 15) is 27.7 Å². The maximum absolute atomic E-state index is 14.3. The summed E-state index contributed by atoms with van der Waals surface area (Å²) in [5.41, 5.74) is -2.58. The molecule has 10 nitrogen and oxygen atoms in total. The van der Waals surface area contributed by atoms with Crippen molar-refractivity contribution in [2.75, 3.05) is 13.1 Å². The number of H-pyrrole nitrogens is 1. The number of fused-ring (bicyclic) bond motifs is 2. The molecule has 0 bridgehead atoms. The normalized spacial score (nSPS) is 20.0. The van der Waals surface area contributed by atoms with Crippen LogP contribution in [-0.4, -0.2) is 67.5 Å². The summed E-state index contributed by atoms with van der Waals surface area (Å²) in [5.74, 6) is -0.754. The number of aromatic nitrogens is 1. The van der Waals surface area contributed by atoms with Crippen LogP contribution in [0.3, 0.4) is 0 Å². The molecule has 13 heteroatoms. The Morgan fingerprint density at radius 2 is 1.72 bits per heavy atom. The van der Waals surface area contributed by atoms with E-state index < -0.39 is 36.8 Å². The Balaban J connectivity index is 1.21. The lowest BCUT2D eigenvalue weighted by molar-refractivity contribution is -0.145. The SMILES string of the molecule is O=C(N[C@@H](CC1CCCCC1)C(=O)N1CCC[C@H]1C(=O)N1CCc2ccccc2C1)c1cc2cc(C(F)(F)P(=O)(O)O)ccc2[nH]1. The van der Waals surface area contributed by atoms with Gasteiger partial charge in [0.15, 0.2) is 0 Å². The Hall–Kier alpha value is -3.60. The molecule has 6 rings (SSSR count). The maximum atomic E-state index is 14.3. The van der Waals surface area contributed by atoms with E-state index in [2.05, 4.69) is 16.4 Å². The second-order valence-electron chi connectivity index (χ2n) is 12.8. The first kappa shape index (κ1) is 32.3. The van der Waals surface area contributed by atoms with Crippen LogP contribution in [0.5, 0.6) is 0 Å². The van der Waals surface area contributed by atoms with E-state index in [-0.39, 0.29) is 28.8 Å². The van der Waals surface area contributed by atoms with Crippen LogP contribution in [0.15, 0.2) is 48.5 Å². The number of nitrogens with zero attached hydrogens (tertiary/aromatic N) is 2. The average Bonchev–Trinajstić information content (AvgIpc) is 3.71. The van der Waals surface area contributed by atoms with Gasteiger partial charge in [-0.15, -0.1) is 0 Å². The molecule has 4 N–H and O–H groups in total. The maximum Gasteiger partial charge on any atom is 0.399 e. The van der Waals surface area contributed by atoms with E-state index in [1.165, 1.54) is 17.7 Å². The highest BCUT2D eigenvalue weighted by molar-refractivity contribution is 7.52. The summed E-state index contributed by atoms with van der Waals surface area (Å²) in [7, 11) is -5.77. The van der Waals surface area contributed by atoms with Gasteiger partial charge in [0.25, 0.3) is 5.91 Å². The molecular weight excluding hydrogens is 617 g/mol. The smallest absolute Gasteiger partial charge is 0.351 e. The van der Waals surface area contributed by atoms with Crippen molar-refractivity contribution in [1.82, 2.24) is 20.1 Å². The van der Waals surface area contributed by atoms with Crippen LogP contribution in [0.25, 0.3) is 10.9 Å². The molecule has 1 saturated carbocycles. The van der Waals surface area contributed by atoms with Crippen molar-refractivity contribution >= 4 is 36.2 Å². The van der Waals surface area contributed by atoms with Gasteiger partial charge >= 0.3 is 13.3 Å². The topological polar surface area (TPSA) is 143 Å². The molecule has 0 radical (unpaired) electrons. The molecule has 3 aromatic rings. The van der Waals surface area contributed by atoms with Crippen molar-refractivity contribution in [3.8, 4) is 0 Å². The second-order valence-corrected chi connectivity index (χ2v) is 14.5.